The second-order valence-corrected chi connectivity index (χ2v) is 14.3. The molecule has 0 amide bonds. The first-order valence-corrected chi connectivity index (χ1v) is 14.0. The van der Waals surface area contributed by atoms with E-state index in [1.54, 1.807) is 0 Å². The van der Waals surface area contributed by atoms with E-state index in [9.17, 15) is 0 Å². The van der Waals surface area contributed by atoms with E-state index in [0.717, 1.165) is 11.5 Å². The quantitative estimate of drug-likeness (QED) is 0.267. The summed E-state index contributed by atoms with van der Waals surface area (Å²) in [6.45, 7) is 11.8. The first-order valence-electron chi connectivity index (χ1n) is 11.0. The number of rotatable bonds is 10. The van der Waals surface area contributed by atoms with Crippen molar-refractivity contribution in [2.75, 3.05) is 12.4 Å². The third kappa shape index (κ3) is 5.79. The van der Waals surface area contributed by atoms with Crippen molar-refractivity contribution in [3.8, 4) is 0 Å². The van der Waals surface area contributed by atoms with Crippen LogP contribution in [0.3, 0.4) is 0 Å². The van der Waals surface area contributed by atoms with Gasteiger partial charge in [0.15, 0.2) is 0 Å². The van der Waals surface area contributed by atoms with Crippen LogP contribution in [0.5, 0.6) is 0 Å². The lowest BCUT2D eigenvalue weighted by Crippen LogP contribution is -2.66. The van der Waals surface area contributed by atoms with Crippen molar-refractivity contribution in [3.63, 3.8) is 0 Å². The molecule has 31 heavy (non-hydrogen) atoms. The van der Waals surface area contributed by atoms with Crippen LogP contribution in [0.25, 0.3) is 0 Å². The molecule has 0 bridgehead atoms. The van der Waals surface area contributed by atoms with E-state index in [-0.39, 0.29) is 5.04 Å². The summed E-state index contributed by atoms with van der Waals surface area (Å²) in [6.07, 6.45) is 2.07. The van der Waals surface area contributed by atoms with Crippen LogP contribution in [-0.2, 0) is 10.2 Å². The molecule has 0 heterocycles. The zero-order chi connectivity index (χ0) is 22.2. The lowest BCUT2D eigenvalue weighted by Gasteiger charge is -2.43. The molecule has 0 aromatic heterocycles. The lowest BCUT2D eigenvalue weighted by molar-refractivity contribution is 0.270. The fourth-order valence-electron chi connectivity index (χ4n) is 4.08. The minimum absolute atomic E-state index is 0.00138. The predicted octanol–water partition coefficient (Wildman–Crippen LogP) is 6.30. The summed E-state index contributed by atoms with van der Waals surface area (Å²) in [5.41, 5.74) is 1.36. The number of benzene rings is 3. The molecule has 3 aromatic rings. The topological polar surface area (TPSA) is 9.23 Å². The lowest BCUT2D eigenvalue weighted by atomic mass is 10.2. The fraction of sp³-hybridized carbons (Fsp3) is 0.286. The molecule has 1 unspecified atom stereocenters. The molecular weight excluding hydrogens is 412 g/mol. The van der Waals surface area contributed by atoms with Crippen LogP contribution in [-0.4, -0.2) is 20.7 Å². The summed E-state index contributed by atoms with van der Waals surface area (Å²) in [7, 11) is -2.49. The highest BCUT2D eigenvalue weighted by atomic mass is 32.2. The molecule has 0 aliphatic heterocycles. The normalized spacial score (nSPS) is 13.0. The molecule has 1 atom stereocenters. The molecule has 3 rings (SSSR count). The summed E-state index contributed by atoms with van der Waals surface area (Å²) in [5.74, 6) is 2.34. The standard InChI is InChI=1S/C28H34OSSi/c1-5-24(22-30-23-25-15-9-6-10-16-25)21-29-31(28(2,3)4,26-17-11-7-12-18-26)27-19-13-8-14-20-27/h5-20,24H,1,21-23H2,2-4H3. The number of hydrogen-bond acceptors (Lipinski definition) is 2. The second kappa shape index (κ2) is 11.0. The van der Waals surface area contributed by atoms with E-state index in [0.29, 0.717) is 12.5 Å². The Balaban J connectivity index is 1.82. The van der Waals surface area contributed by atoms with Gasteiger partial charge in [0.2, 0.25) is 0 Å². The van der Waals surface area contributed by atoms with Gasteiger partial charge >= 0.3 is 0 Å². The molecule has 0 fully saturated rings. The molecule has 0 radical (unpaired) electrons. The maximum atomic E-state index is 7.08. The summed E-state index contributed by atoms with van der Waals surface area (Å²) < 4.78 is 7.08. The van der Waals surface area contributed by atoms with Gasteiger partial charge in [0, 0.05) is 24.0 Å². The van der Waals surface area contributed by atoms with Crippen LogP contribution in [0.1, 0.15) is 26.3 Å². The first-order chi connectivity index (χ1) is 15.0. The van der Waals surface area contributed by atoms with E-state index < -0.39 is 8.32 Å². The third-order valence-corrected chi connectivity index (χ3v) is 11.9. The Morgan fingerprint density at radius 2 is 1.32 bits per heavy atom. The van der Waals surface area contributed by atoms with Gasteiger partial charge in [-0.3, -0.25) is 0 Å². The molecule has 162 valence electrons. The van der Waals surface area contributed by atoms with Gasteiger partial charge in [-0.2, -0.15) is 11.8 Å². The molecule has 0 N–H and O–H groups in total. The molecule has 1 nitrogen and oxygen atoms in total. The molecule has 0 aliphatic rings. The van der Waals surface area contributed by atoms with E-state index >= 15 is 0 Å². The summed E-state index contributed by atoms with van der Waals surface area (Å²) in [5, 5.41) is 2.65. The first kappa shape index (κ1) is 23.6. The summed E-state index contributed by atoms with van der Waals surface area (Å²) >= 11 is 1.95. The minimum atomic E-state index is -2.49. The van der Waals surface area contributed by atoms with E-state index in [4.69, 9.17) is 4.43 Å². The molecule has 0 saturated heterocycles. The fourth-order valence-corrected chi connectivity index (χ4v) is 9.78. The van der Waals surface area contributed by atoms with Gasteiger partial charge in [-0.1, -0.05) is 118 Å². The average molecular weight is 447 g/mol. The van der Waals surface area contributed by atoms with Gasteiger partial charge in [-0.15, -0.1) is 6.58 Å². The van der Waals surface area contributed by atoms with Crippen LogP contribution < -0.4 is 10.4 Å². The Morgan fingerprint density at radius 1 is 0.839 bits per heavy atom. The van der Waals surface area contributed by atoms with Gasteiger partial charge in [0.05, 0.1) is 0 Å². The van der Waals surface area contributed by atoms with Crippen LogP contribution >= 0.6 is 11.8 Å². The molecule has 3 aromatic carbocycles. The molecule has 3 heteroatoms. The van der Waals surface area contributed by atoms with Crippen LogP contribution in [0.15, 0.2) is 104 Å². The Morgan fingerprint density at radius 3 is 1.77 bits per heavy atom. The molecule has 0 aliphatic carbocycles. The molecular formula is C28H34OSSi. The van der Waals surface area contributed by atoms with Crippen molar-refractivity contribution >= 4 is 30.5 Å². The van der Waals surface area contributed by atoms with Gasteiger partial charge in [0.25, 0.3) is 8.32 Å². The van der Waals surface area contributed by atoms with Crippen molar-refractivity contribution < 1.29 is 4.43 Å². The van der Waals surface area contributed by atoms with E-state index in [1.165, 1.54) is 15.9 Å². The van der Waals surface area contributed by atoms with Gasteiger partial charge in [0.1, 0.15) is 0 Å². The van der Waals surface area contributed by atoms with Gasteiger partial charge < -0.3 is 4.43 Å². The third-order valence-electron chi connectivity index (χ3n) is 5.71. The Hall–Kier alpha value is -2.07. The monoisotopic (exact) mass is 446 g/mol. The zero-order valence-corrected chi connectivity index (χ0v) is 20.8. The Labute approximate surface area is 193 Å². The largest absolute Gasteiger partial charge is 0.407 e. The maximum absolute atomic E-state index is 7.08. The molecule has 0 saturated carbocycles. The maximum Gasteiger partial charge on any atom is 0.261 e. The van der Waals surface area contributed by atoms with Crippen LogP contribution in [0, 0.1) is 5.92 Å². The number of thioether (sulfide) groups is 1. The summed E-state index contributed by atoms with van der Waals surface area (Å²) in [6, 6.07) is 32.4. The van der Waals surface area contributed by atoms with Crippen molar-refractivity contribution in [2.24, 2.45) is 5.92 Å². The van der Waals surface area contributed by atoms with Crippen molar-refractivity contribution in [2.45, 2.75) is 31.6 Å². The highest BCUT2D eigenvalue weighted by Crippen LogP contribution is 2.37. The van der Waals surface area contributed by atoms with Crippen molar-refractivity contribution in [1.82, 2.24) is 0 Å². The summed E-state index contributed by atoms with van der Waals surface area (Å²) in [4.78, 5) is 0. The van der Waals surface area contributed by atoms with Gasteiger partial charge in [-0.25, -0.2) is 0 Å². The van der Waals surface area contributed by atoms with Crippen LogP contribution in [0.4, 0.5) is 0 Å². The molecule has 0 spiro atoms. The van der Waals surface area contributed by atoms with E-state index in [2.05, 4.69) is 124 Å². The smallest absolute Gasteiger partial charge is 0.261 e. The van der Waals surface area contributed by atoms with Crippen molar-refractivity contribution in [1.29, 1.82) is 0 Å². The Kier molecular flexibility index (Phi) is 8.36. The highest BCUT2D eigenvalue weighted by molar-refractivity contribution is 7.98. The van der Waals surface area contributed by atoms with Crippen molar-refractivity contribution in [3.05, 3.63) is 109 Å². The predicted molar refractivity (Wildman–Crippen MR) is 140 cm³/mol. The number of hydrogen-bond donors (Lipinski definition) is 0. The SMILES string of the molecule is C=CC(CO[Si](c1ccccc1)(c1ccccc1)C(C)(C)C)CSCc1ccccc1. The highest BCUT2D eigenvalue weighted by Gasteiger charge is 2.50. The second-order valence-electron chi connectivity index (χ2n) is 8.97. The van der Waals surface area contributed by atoms with Crippen LogP contribution in [0.2, 0.25) is 5.04 Å². The van der Waals surface area contributed by atoms with Gasteiger partial charge in [-0.05, 0) is 21.0 Å². The Bertz CT molecular complexity index is 880. The zero-order valence-electron chi connectivity index (χ0n) is 19.0. The minimum Gasteiger partial charge on any atom is -0.407 e. The average Bonchev–Trinajstić information content (AvgIpc) is 2.79. The van der Waals surface area contributed by atoms with E-state index in [1.807, 2.05) is 11.8 Å².